The zero-order valence-electron chi connectivity index (χ0n) is 9.87. The third kappa shape index (κ3) is 1.55. The highest BCUT2D eigenvalue weighted by atomic mass is 14.7. The van der Waals surface area contributed by atoms with Crippen molar-refractivity contribution in [3.8, 4) is 0 Å². The smallest absolute Gasteiger partial charge is 0.0456 e. The molecule has 84 valence electrons. The van der Waals surface area contributed by atoms with E-state index in [0.29, 0.717) is 0 Å². The first-order chi connectivity index (χ1) is 7.88. The summed E-state index contributed by atoms with van der Waals surface area (Å²) in [4.78, 5) is 3.31. The fourth-order valence-corrected chi connectivity index (χ4v) is 3.19. The van der Waals surface area contributed by atoms with Gasteiger partial charge in [0.2, 0.25) is 0 Å². The maximum absolute atomic E-state index is 3.31. The summed E-state index contributed by atoms with van der Waals surface area (Å²) in [7, 11) is 0. The zero-order valence-corrected chi connectivity index (χ0v) is 9.87. The summed E-state index contributed by atoms with van der Waals surface area (Å²) in [6.07, 6.45) is 7.59. The van der Waals surface area contributed by atoms with Crippen molar-refractivity contribution in [2.75, 3.05) is 0 Å². The zero-order chi connectivity index (χ0) is 11.0. The number of hydrogen-bond donors (Lipinski definition) is 1. The predicted molar refractivity (Wildman–Crippen MR) is 68.7 cm³/mol. The number of H-pyrrole nitrogens is 1. The Labute approximate surface area is 96.9 Å². The second-order valence-electron chi connectivity index (χ2n) is 5.07. The van der Waals surface area contributed by atoms with Crippen LogP contribution in [0.2, 0.25) is 0 Å². The van der Waals surface area contributed by atoms with Gasteiger partial charge in [0.1, 0.15) is 0 Å². The van der Waals surface area contributed by atoms with Gasteiger partial charge in [0.25, 0.3) is 0 Å². The Kier molecular flexibility index (Phi) is 2.47. The fourth-order valence-electron chi connectivity index (χ4n) is 3.19. The molecule has 3 rings (SSSR count). The van der Waals surface area contributed by atoms with Gasteiger partial charge in [0, 0.05) is 17.1 Å². The van der Waals surface area contributed by atoms with Gasteiger partial charge in [-0.25, -0.2) is 0 Å². The standard InChI is InChI=1S/C15H19N/c1-2-11-6-7-12(10-11)13-4-3-5-15-14(13)8-9-16-15/h3-5,8-9,11-12,16H,2,6-7,10H2,1H3. The molecule has 16 heavy (non-hydrogen) atoms. The summed E-state index contributed by atoms with van der Waals surface area (Å²) >= 11 is 0. The van der Waals surface area contributed by atoms with Crippen molar-refractivity contribution in [1.82, 2.24) is 4.98 Å². The molecule has 0 aliphatic heterocycles. The van der Waals surface area contributed by atoms with Crippen LogP contribution in [-0.4, -0.2) is 4.98 Å². The van der Waals surface area contributed by atoms with Crippen LogP contribution in [0, 0.1) is 5.92 Å². The van der Waals surface area contributed by atoms with E-state index in [1.807, 2.05) is 0 Å². The molecule has 1 heteroatoms. The summed E-state index contributed by atoms with van der Waals surface area (Å²) < 4.78 is 0. The van der Waals surface area contributed by atoms with Crippen LogP contribution in [0.25, 0.3) is 10.9 Å². The van der Waals surface area contributed by atoms with Crippen LogP contribution in [-0.2, 0) is 0 Å². The highest BCUT2D eigenvalue weighted by Gasteiger charge is 2.25. The predicted octanol–water partition coefficient (Wildman–Crippen LogP) is 4.46. The molecule has 1 aliphatic carbocycles. The Balaban J connectivity index is 1.97. The highest BCUT2D eigenvalue weighted by molar-refractivity contribution is 5.83. The van der Waals surface area contributed by atoms with E-state index >= 15 is 0 Å². The number of benzene rings is 1. The van der Waals surface area contributed by atoms with Gasteiger partial charge in [-0.15, -0.1) is 0 Å². The van der Waals surface area contributed by atoms with Gasteiger partial charge in [-0.05, 0) is 48.8 Å². The minimum Gasteiger partial charge on any atom is -0.361 e. The molecule has 1 aromatic heterocycles. The molecule has 1 saturated carbocycles. The molecule has 1 aliphatic rings. The maximum Gasteiger partial charge on any atom is 0.0456 e. The SMILES string of the molecule is CCC1CCC(c2cccc3[nH]ccc23)C1. The van der Waals surface area contributed by atoms with Crippen LogP contribution >= 0.6 is 0 Å². The minimum absolute atomic E-state index is 0.796. The van der Waals surface area contributed by atoms with E-state index in [1.165, 1.54) is 36.6 Å². The van der Waals surface area contributed by atoms with Crippen molar-refractivity contribution in [2.45, 2.75) is 38.5 Å². The normalized spacial score (nSPS) is 25.3. The van der Waals surface area contributed by atoms with Gasteiger partial charge in [0.15, 0.2) is 0 Å². The second kappa shape index (κ2) is 3.97. The van der Waals surface area contributed by atoms with E-state index in [0.717, 1.165) is 11.8 Å². The summed E-state index contributed by atoms with van der Waals surface area (Å²) in [6.45, 7) is 2.32. The van der Waals surface area contributed by atoms with E-state index in [9.17, 15) is 0 Å². The first-order valence-corrected chi connectivity index (χ1v) is 6.44. The fraction of sp³-hybridized carbons (Fsp3) is 0.467. The molecular weight excluding hydrogens is 194 g/mol. The number of hydrogen-bond acceptors (Lipinski definition) is 0. The number of aromatic amines is 1. The van der Waals surface area contributed by atoms with Crippen LogP contribution in [0.5, 0.6) is 0 Å². The van der Waals surface area contributed by atoms with Crippen molar-refractivity contribution in [2.24, 2.45) is 5.92 Å². The van der Waals surface area contributed by atoms with E-state index in [4.69, 9.17) is 0 Å². The molecule has 1 aromatic carbocycles. The lowest BCUT2D eigenvalue weighted by Crippen LogP contribution is -1.95. The molecule has 2 unspecified atom stereocenters. The molecule has 1 heterocycles. The van der Waals surface area contributed by atoms with E-state index < -0.39 is 0 Å². The Morgan fingerprint density at radius 1 is 1.25 bits per heavy atom. The monoisotopic (exact) mass is 213 g/mol. The average Bonchev–Trinajstić information content (AvgIpc) is 2.97. The van der Waals surface area contributed by atoms with Crippen LogP contribution in [0.4, 0.5) is 0 Å². The molecular formula is C15H19N. The van der Waals surface area contributed by atoms with Crippen LogP contribution < -0.4 is 0 Å². The van der Waals surface area contributed by atoms with Crippen LogP contribution in [0.1, 0.15) is 44.1 Å². The third-order valence-corrected chi connectivity index (χ3v) is 4.19. The molecule has 2 aromatic rings. The average molecular weight is 213 g/mol. The van der Waals surface area contributed by atoms with Crippen LogP contribution in [0.15, 0.2) is 30.5 Å². The molecule has 0 radical (unpaired) electrons. The number of rotatable bonds is 2. The van der Waals surface area contributed by atoms with Gasteiger partial charge in [0.05, 0.1) is 0 Å². The van der Waals surface area contributed by atoms with E-state index in [2.05, 4.69) is 42.4 Å². The molecule has 0 saturated heterocycles. The molecule has 1 nitrogen and oxygen atoms in total. The third-order valence-electron chi connectivity index (χ3n) is 4.19. The largest absolute Gasteiger partial charge is 0.361 e. The van der Waals surface area contributed by atoms with Crippen molar-refractivity contribution in [3.63, 3.8) is 0 Å². The summed E-state index contributed by atoms with van der Waals surface area (Å²) in [5.74, 6) is 1.75. The molecule has 0 spiro atoms. The topological polar surface area (TPSA) is 15.8 Å². The number of nitrogens with one attached hydrogen (secondary N) is 1. The lowest BCUT2D eigenvalue weighted by Gasteiger charge is -2.12. The van der Waals surface area contributed by atoms with E-state index in [1.54, 1.807) is 5.56 Å². The summed E-state index contributed by atoms with van der Waals surface area (Å²) in [5.41, 5.74) is 2.85. The summed E-state index contributed by atoms with van der Waals surface area (Å²) in [5, 5.41) is 1.43. The molecule has 0 amide bonds. The van der Waals surface area contributed by atoms with Crippen LogP contribution in [0.3, 0.4) is 0 Å². The Morgan fingerprint density at radius 3 is 3.00 bits per heavy atom. The van der Waals surface area contributed by atoms with Crippen molar-refractivity contribution in [1.29, 1.82) is 0 Å². The lowest BCUT2D eigenvalue weighted by molar-refractivity contribution is 0.522. The first kappa shape index (κ1) is 9.95. The molecule has 0 bridgehead atoms. The van der Waals surface area contributed by atoms with Gasteiger partial charge in [-0.1, -0.05) is 25.5 Å². The highest BCUT2D eigenvalue weighted by Crippen LogP contribution is 2.41. The van der Waals surface area contributed by atoms with Gasteiger partial charge in [-0.2, -0.15) is 0 Å². The number of aromatic nitrogens is 1. The lowest BCUT2D eigenvalue weighted by atomic mass is 9.93. The quantitative estimate of drug-likeness (QED) is 0.758. The van der Waals surface area contributed by atoms with Crippen molar-refractivity contribution < 1.29 is 0 Å². The Bertz CT molecular complexity index is 483. The Hall–Kier alpha value is -1.24. The second-order valence-corrected chi connectivity index (χ2v) is 5.07. The van der Waals surface area contributed by atoms with Gasteiger partial charge < -0.3 is 4.98 Å². The molecule has 2 atom stereocenters. The summed E-state index contributed by atoms with van der Waals surface area (Å²) in [6, 6.07) is 8.90. The number of fused-ring (bicyclic) bond motifs is 1. The van der Waals surface area contributed by atoms with Crippen molar-refractivity contribution in [3.05, 3.63) is 36.0 Å². The van der Waals surface area contributed by atoms with Gasteiger partial charge >= 0.3 is 0 Å². The first-order valence-electron chi connectivity index (χ1n) is 6.44. The maximum atomic E-state index is 3.31. The van der Waals surface area contributed by atoms with E-state index in [-0.39, 0.29) is 0 Å². The molecule has 1 N–H and O–H groups in total. The molecule has 1 fully saturated rings. The Morgan fingerprint density at radius 2 is 2.19 bits per heavy atom. The minimum atomic E-state index is 0.796. The van der Waals surface area contributed by atoms with Gasteiger partial charge in [-0.3, -0.25) is 0 Å². The van der Waals surface area contributed by atoms with Crippen molar-refractivity contribution >= 4 is 10.9 Å².